The highest BCUT2D eigenvalue weighted by Gasteiger charge is 2.36. The molecule has 1 saturated heterocycles. The molecule has 1 heterocycles. The number of ether oxygens (including phenoxy) is 1. The Morgan fingerprint density at radius 2 is 2.12 bits per heavy atom. The van der Waals surface area contributed by atoms with Crippen LogP contribution in [0.1, 0.15) is 18.4 Å². The van der Waals surface area contributed by atoms with Crippen LogP contribution in [0.25, 0.3) is 0 Å². The van der Waals surface area contributed by atoms with Gasteiger partial charge >= 0.3 is 0 Å². The lowest BCUT2D eigenvalue weighted by atomic mass is 9.85. The van der Waals surface area contributed by atoms with E-state index in [1.54, 1.807) is 0 Å². The molecule has 0 saturated carbocycles. The van der Waals surface area contributed by atoms with Crippen LogP contribution in [0, 0.1) is 11.6 Å². The second-order valence-electron chi connectivity index (χ2n) is 4.03. The molecule has 1 aliphatic rings. The van der Waals surface area contributed by atoms with E-state index in [9.17, 15) is 8.78 Å². The number of hydrogen-bond donors (Lipinski definition) is 1. The van der Waals surface area contributed by atoms with Gasteiger partial charge in [0.25, 0.3) is 0 Å². The molecule has 0 amide bonds. The molecule has 1 aromatic carbocycles. The highest BCUT2D eigenvalue weighted by Crippen LogP contribution is 2.34. The van der Waals surface area contributed by atoms with E-state index in [-0.39, 0.29) is 16.6 Å². The maximum atomic E-state index is 13.9. The van der Waals surface area contributed by atoms with Gasteiger partial charge in [0.1, 0.15) is 11.6 Å². The Morgan fingerprint density at radius 3 is 2.75 bits per heavy atom. The monoisotopic (exact) mass is 291 g/mol. The molecule has 2 rings (SSSR count). The Bertz CT molecular complexity index is 405. The first-order chi connectivity index (χ1) is 7.54. The summed E-state index contributed by atoms with van der Waals surface area (Å²) in [6, 6.07) is 2.55. The predicted molar refractivity (Wildman–Crippen MR) is 60.0 cm³/mol. The van der Waals surface area contributed by atoms with Gasteiger partial charge in [-0.25, -0.2) is 8.78 Å². The first kappa shape index (κ1) is 12.0. The van der Waals surface area contributed by atoms with Crippen molar-refractivity contribution in [1.82, 2.24) is 0 Å². The molecule has 0 radical (unpaired) electrons. The topological polar surface area (TPSA) is 35.2 Å². The van der Waals surface area contributed by atoms with E-state index < -0.39 is 17.2 Å². The van der Waals surface area contributed by atoms with Crippen LogP contribution in [-0.2, 0) is 10.3 Å². The van der Waals surface area contributed by atoms with Gasteiger partial charge in [-0.15, -0.1) is 0 Å². The summed E-state index contributed by atoms with van der Waals surface area (Å²) in [5.41, 5.74) is 4.88. The van der Waals surface area contributed by atoms with Gasteiger partial charge in [-0.3, -0.25) is 0 Å². The Balaban J connectivity index is 2.49. The Morgan fingerprint density at radius 1 is 1.38 bits per heavy atom. The number of benzene rings is 1. The van der Waals surface area contributed by atoms with Crippen molar-refractivity contribution in [2.45, 2.75) is 18.4 Å². The van der Waals surface area contributed by atoms with Crippen molar-refractivity contribution in [3.8, 4) is 0 Å². The molecule has 2 N–H and O–H groups in total. The van der Waals surface area contributed by atoms with Crippen LogP contribution in [0.4, 0.5) is 8.78 Å². The van der Waals surface area contributed by atoms with Crippen LogP contribution < -0.4 is 5.73 Å². The highest BCUT2D eigenvalue weighted by atomic mass is 79.9. The third-order valence-electron chi connectivity index (χ3n) is 2.81. The summed E-state index contributed by atoms with van der Waals surface area (Å²) in [5, 5.41) is 0. The summed E-state index contributed by atoms with van der Waals surface area (Å²) in [5.74, 6) is -1.25. The molecule has 0 bridgehead atoms. The maximum Gasteiger partial charge on any atom is 0.145 e. The summed E-state index contributed by atoms with van der Waals surface area (Å²) in [4.78, 5) is 0. The lowest BCUT2D eigenvalue weighted by molar-refractivity contribution is 0.0335. The summed E-state index contributed by atoms with van der Waals surface area (Å²) >= 11 is 3.03. The van der Waals surface area contributed by atoms with Crippen molar-refractivity contribution in [3.63, 3.8) is 0 Å². The van der Waals surface area contributed by atoms with Gasteiger partial charge in [-0.05, 0) is 40.9 Å². The van der Waals surface area contributed by atoms with Crippen molar-refractivity contribution in [3.05, 3.63) is 33.8 Å². The fourth-order valence-electron chi connectivity index (χ4n) is 2.00. The summed E-state index contributed by atoms with van der Waals surface area (Å²) in [6.07, 6.45) is 1.24. The lowest BCUT2D eigenvalue weighted by Crippen LogP contribution is -2.46. The van der Waals surface area contributed by atoms with Crippen LogP contribution in [0.15, 0.2) is 16.6 Å². The minimum Gasteiger partial charge on any atom is -0.379 e. The molecule has 1 atom stereocenters. The summed E-state index contributed by atoms with van der Waals surface area (Å²) in [7, 11) is 0. The number of nitrogens with two attached hydrogens (primary N) is 1. The Hall–Kier alpha value is -0.520. The molecular weight excluding hydrogens is 280 g/mol. The van der Waals surface area contributed by atoms with Gasteiger partial charge in [0.2, 0.25) is 0 Å². The maximum absolute atomic E-state index is 13.9. The van der Waals surface area contributed by atoms with Gasteiger partial charge in [-0.2, -0.15) is 0 Å². The van der Waals surface area contributed by atoms with Crippen molar-refractivity contribution in [2.24, 2.45) is 5.73 Å². The molecule has 5 heteroatoms. The Labute approximate surface area is 101 Å². The van der Waals surface area contributed by atoms with Crippen molar-refractivity contribution >= 4 is 15.9 Å². The first-order valence-corrected chi connectivity index (χ1v) is 5.84. The van der Waals surface area contributed by atoms with Crippen LogP contribution in [0.2, 0.25) is 0 Å². The van der Waals surface area contributed by atoms with E-state index in [0.29, 0.717) is 19.4 Å². The van der Waals surface area contributed by atoms with Gasteiger partial charge in [0.15, 0.2) is 0 Å². The van der Waals surface area contributed by atoms with Crippen molar-refractivity contribution < 1.29 is 13.5 Å². The van der Waals surface area contributed by atoms with E-state index in [1.807, 2.05) is 0 Å². The minimum atomic E-state index is -1.06. The molecule has 1 fully saturated rings. The molecule has 2 nitrogen and oxygen atoms in total. The number of rotatable bonds is 1. The second kappa shape index (κ2) is 4.39. The highest BCUT2D eigenvalue weighted by molar-refractivity contribution is 9.10. The lowest BCUT2D eigenvalue weighted by Gasteiger charge is -2.34. The molecule has 1 unspecified atom stereocenters. The molecule has 0 spiro atoms. The molecule has 1 aliphatic heterocycles. The average molecular weight is 292 g/mol. The predicted octanol–water partition coefficient (Wildman–Crippen LogP) is 2.69. The van der Waals surface area contributed by atoms with Gasteiger partial charge < -0.3 is 10.5 Å². The van der Waals surface area contributed by atoms with Crippen LogP contribution in [-0.4, -0.2) is 13.2 Å². The fraction of sp³-hybridized carbons (Fsp3) is 0.455. The van der Waals surface area contributed by atoms with Crippen LogP contribution >= 0.6 is 15.9 Å². The fourth-order valence-corrected chi connectivity index (χ4v) is 2.33. The molecule has 0 aromatic heterocycles. The van der Waals surface area contributed by atoms with E-state index in [1.165, 1.54) is 12.1 Å². The molecule has 88 valence electrons. The quantitative estimate of drug-likeness (QED) is 0.808. The minimum absolute atomic E-state index is 0.0819. The van der Waals surface area contributed by atoms with Crippen molar-refractivity contribution in [1.29, 1.82) is 0 Å². The normalized spacial score (nSPS) is 25.8. The zero-order valence-corrected chi connectivity index (χ0v) is 10.2. The van der Waals surface area contributed by atoms with Crippen LogP contribution in [0.3, 0.4) is 0 Å². The molecular formula is C11H12BrF2NO. The molecule has 0 aliphatic carbocycles. The number of halogens is 3. The molecule has 1 aromatic rings. The summed E-state index contributed by atoms with van der Waals surface area (Å²) < 4.78 is 33.0. The van der Waals surface area contributed by atoms with Gasteiger partial charge in [0.05, 0.1) is 16.6 Å². The third-order valence-corrected chi connectivity index (χ3v) is 3.43. The number of hydrogen-bond acceptors (Lipinski definition) is 2. The molecule has 16 heavy (non-hydrogen) atoms. The third kappa shape index (κ3) is 1.99. The zero-order valence-electron chi connectivity index (χ0n) is 8.60. The Kier molecular flexibility index (Phi) is 3.28. The SMILES string of the molecule is NC1(c2c(F)ccc(Br)c2F)CCCOC1. The average Bonchev–Trinajstić information content (AvgIpc) is 2.25. The van der Waals surface area contributed by atoms with Crippen LogP contribution in [0.5, 0.6) is 0 Å². The second-order valence-corrected chi connectivity index (χ2v) is 4.88. The van der Waals surface area contributed by atoms with E-state index in [2.05, 4.69) is 15.9 Å². The van der Waals surface area contributed by atoms with E-state index >= 15 is 0 Å². The van der Waals surface area contributed by atoms with Crippen molar-refractivity contribution in [2.75, 3.05) is 13.2 Å². The van der Waals surface area contributed by atoms with Gasteiger partial charge in [-0.1, -0.05) is 0 Å². The standard InChI is InChI=1S/C11H12BrF2NO/c12-7-2-3-8(13)9(10(7)14)11(15)4-1-5-16-6-11/h2-3H,1,4-6,15H2. The first-order valence-electron chi connectivity index (χ1n) is 5.05. The van der Waals surface area contributed by atoms with E-state index in [4.69, 9.17) is 10.5 Å². The largest absolute Gasteiger partial charge is 0.379 e. The smallest absolute Gasteiger partial charge is 0.145 e. The zero-order chi connectivity index (χ0) is 11.8. The summed E-state index contributed by atoms with van der Waals surface area (Å²) in [6.45, 7) is 0.744. The van der Waals surface area contributed by atoms with Gasteiger partial charge in [0, 0.05) is 12.2 Å². The van der Waals surface area contributed by atoms with E-state index in [0.717, 1.165) is 0 Å².